The van der Waals surface area contributed by atoms with Gasteiger partial charge in [0, 0.05) is 17.9 Å². The number of hydrogen-bond acceptors (Lipinski definition) is 9. The van der Waals surface area contributed by atoms with Gasteiger partial charge in [0.05, 0.1) is 28.9 Å². The number of benzene rings is 3. The Balaban J connectivity index is 1.11. The highest BCUT2D eigenvalue weighted by molar-refractivity contribution is 7.85. The first-order valence-electron chi connectivity index (χ1n) is 17.0. The molecule has 256 valence electrons. The van der Waals surface area contributed by atoms with Crippen molar-refractivity contribution in [3.05, 3.63) is 94.0 Å². The molecule has 3 fully saturated rings. The van der Waals surface area contributed by atoms with E-state index in [-0.39, 0.29) is 57.4 Å². The third-order valence-corrected chi connectivity index (χ3v) is 12.3. The molecule has 7 unspecified atom stereocenters. The minimum absolute atomic E-state index is 0.0560. The normalized spacial score (nSPS) is 30.6. The molecule has 0 radical (unpaired) electrons. The first-order chi connectivity index (χ1) is 23.3. The summed E-state index contributed by atoms with van der Waals surface area (Å²) in [4.78, 5) is 43.6. The Morgan fingerprint density at radius 3 is 2.10 bits per heavy atom. The summed E-state index contributed by atoms with van der Waals surface area (Å²) in [5, 5.41) is 0. The molecule has 1 amide bonds. The average molecular weight is 685 g/mol. The number of rotatable bonds is 7. The van der Waals surface area contributed by atoms with E-state index in [0.29, 0.717) is 6.42 Å². The van der Waals surface area contributed by atoms with Crippen molar-refractivity contribution in [3.8, 4) is 5.75 Å². The van der Waals surface area contributed by atoms with Gasteiger partial charge in [-0.25, -0.2) is 8.42 Å². The van der Waals surface area contributed by atoms with Crippen LogP contribution in [-0.2, 0) is 34.0 Å². The summed E-state index contributed by atoms with van der Waals surface area (Å²) in [6.07, 6.45) is -1.85. The number of carbonyl (C=O) groups excluding carboxylic acids is 3. The van der Waals surface area contributed by atoms with Crippen molar-refractivity contribution in [2.24, 2.45) is 17.8 Å². The van der Waals surface area contributed by atoms with Crippen molar-refractivity contribution in [1.82, 2.24) is 4.90 Å². The molecule has 0 saturated carbocycles. The van der Waals surface area contributed by atoms with Crippen LogP contribution >= 0.6 is 0 Å². The Kier molecular flexibility index (Phi) is 7.37. The SMILES string of the molecule is Cc1cc(S(=O)(=O)[O-])c(C(C)C)cc1OC(=O)C1C2OC3C1C(=O)N(C(C)C)C3C2OC(=O)C1CC2c3ccccc3C1c1ccccc12. The van der Waals surface area contributed by atoms with Crippen molar-refractivity contribution in [2.45, 2.75) is 94.1 Å². The molecule has 3 aromatic carbocycles. The third kappa shape index (κ3) is 4.72. The molecule has 3 aliphatic heterocycles. The summed E-state index contributed by atoms with van der Waals surface area (Å²) in [6.45, 7) is 8.80. The van der Waals surface area contributed by atoms with Gasteiger partial charge in [-0.15, -0.1) is 0 Å². The summed E-state index contributed by atoms with van der Waals surface area (Å²) in [7, 11) is -4.77. The van der Waals surface area contributed by atoms with Crippen LogP contribution in [0.2, 0.25) is 0 Å². The average Bonchev–Trinajstić information content (AvgIpc) is 3.68. The van der Waals surface area contributed by atoms with E-state index in [2.05, 4.69) is 24.3 Å². The van der Waals surface area contributed by atoms with Gasteiger partial charge in [-0.05, 0) is 78.6 Å². The monoisotopic (exact) mass is 684 g/mol. The van der Waals surface area contributed by atoms with Crippen molar-refractivity contribution in [1.29, 1.82) is 0 Å². The van der Waals surface area contributed by atoms with E-state index < -0.39 is 58.2 Å². The lowest BCUT2D eigenvalue weighted by Gasteiger charge is -2.45. The van der Waals surface area contributed by atoms with E-state index in [1.165, 1.54) is 23.3 Å². The molecule has 3 heterocycles. The molecule has 11 heteroatoms. The zero-order valence-corrected chi connectivity index (χ0v) is 28.7. The minimum Gasteiger partial charge on any atom is -0.744 e. The maximum Gasteiger partial charge on any atom is 0.318 e. The second-order valence-electron chi connectivity index (χ2n) is 14.7. The smallest absolute Gasteiger partial charge is 0.318 e. The van der Waals surface area contributed by atoms with E-state index in [0.717, 1.165) is 11.1 Å². The first-order valence-corrected chi connectivity index (χ1v) is 18.4. The number of aryl methyl sites for hydroxylation is 1. The zero-order valence-electron chi connectivity index (χ0n) is 27.9. The summed E-state index contributed by atoms with van der Waals surface area (Å²) in [6, 6.07) is 18.3. The Bertz CT molecular complexity index is 1980. The molecule has 10 nitrogen and oxygen atoms in total. The number of fused-ring (bicyclic) bond motifs is 2. The van der Waals surface area contributed by atoms with Crippen LogP contribution in [0.4, 0.5) is 0 Å². The molecule has 3 aliphatic carbocycles. The van der Waals surface area contributed by atoms with Gasteiger partial charge < -0.3 is 23.7 Å². The number of amides is 1. The molecule has 3 saturated heterocycles. The van der Waals surface area contributed by atoms with Crippen LogP contribution in [-0.4, -0.2) is 66.1 Å². The lowest BCUT2D eigenvalue weighted by molar-refractivity contribution is -0.164. The molecular weight excluding hydrogens is 646 g/mol. The topological polar surface area (TPSA) is 139 Å². The lowest BCUT2D eigenvalue weighted by Crippen LogP contribution is -2.52. The Morgan fingerprint density at radius 2 is 1.53 bits per heavy atom. The van der Waals surface area contributed by atoms with Crippen LogP contribution in [0.25, 0.3) is 0 Å². The van der Waals surface area contributed by atoms with Crippen LogP contribution in [0.5, 0.6) is 5.75 Å². The highest BCUT2D eigenvalue weighted by Crippen LogP contribution is 2.57. The standard InChI is InChI=1S/C38H39NO9S/c1-17(2)24-16-27(19(5)14-28(24)49(43,44)45)46-38(42)31-30-33-32(39(18(3)4)36(30)40)35(34(31)47-33)48-37(41)26-15-25-20-10-6-8-12-22(20)29(26)23-13-9-7-11-21(23)25/h6-14,16-18,25-26,29-35H,15H2,1-5H3,(H,43,44,45)/p-1. The summed E-state index contributed by atoms with van der Waals surface area (Å²) in [5.74, 6) is -4.05. The van der Waals surface area contributed by atoms with Crippen LogP contribution in [0, 0.1) is 24.7 Å². The Hall–Kier alpha value is -4.06. The summed E-state index contributed by atoms with van der Waals surface area (Å²) in [5.41, 5.74) is 5.22. The zero-order chi connectivity index (χ0) is 34.7. The highest BCUT2D eigenvalue weighted by Gasteiger charge is 2.73. The maximum absolute atomic E-state index is 14.3. The maximum atomic E-state index is 14.3. The van der Waals surface area contributed by atoms with Gasteiger partial charge in [0.25, 0.3) is 0 Å². The summed E-state index contributed by atoms with van der Waals surface area (Å²) < 4.78 is 54.6. The molecule has 49 heavy (non-hydrogen) atoms. The number of hydrogen-bond donors (Lipinski definition) is 0. The molecule has 6 aliphatic rings. The van der Waals surface area contributed by atoms with Crippen molar-refractivity contribution in [3.63, 3.8) is 0 Å². The third-order valence-electron chi connectivity index (χ3n) is 11.4. The van der Waals surface area contributed by atoms with Crippen molar-refractivity contribution < 1.29 is 41.6 Å². The predicted molar refractivity (Wildman–Crippen MR) is 175 cm³/mol. The number of nitrogens with zero attached hydrogens (tertiary/aromatic N) is 1. The van der Waals surface area contributed by atoms with E-state index >= 15 is 0 Å². The number of likely N-dealkylation sites (tertiary alicyclic amines) is 1. The fourth-order valence-electron chi connectivity index (χ4n) is 9.38. The van der Waals surface area contributed by atoms with Crippen molar-refractivity contribution >= 4 is 28.0 Å². The van der Waals surface area contributed by atoms with Crippen molar-refractivity contribution in [2.75, 3.05) is 0 Å². The minimum atomic E-state index is -4.77. The Labute approximate surface area is 285 Å². The van der Waals surface area contributed by atoms with Crippen LogP contribution in [0.3, 0.4) is 0 Å². The van der Waals surface area contributed by atoms with Crippen LogP contribution in [0.15, 0.2) is 65.6 Å². The lowest BCUT2D eigenvalue weighted by atomic mass is 9.59. The van der Waals surface area contributed by atoms with Gasteiger partial charge >= 0.3 is 11.9 Å². The fraction of sp³-hybridized carbons (Fsp3) is 0.447. The molecule has 0 aromatic heterocycles. The van der Waals surface area contributed by atoms with Gasteiger partial charge in [0.2, 0.25) is 5.91 Å². The highest BCUT2D eigenvalue weighted by atomic mass is 32.2. The molecule has 3 aromatic rings. The molecule has 4 bridgehead atoms. The predicted octanol–water partition coefficient (Wildman–Crippen LogP) is 4.77. The molecule has 0 N–H and O–H groups in total. The largest absolute Gasteiger partial charge is 0.744 e. The van der Waals surface area contributed by atoms with Gasteiger partial charge in [-0.2, -0.15) is 0 Å². The quantitative estimate of drug-likeness (QED) is 0.196. The van der Waals surface area contributed by atoms with Crippen LogP contribution < -0.4 is 4.74 Å². The summed E-state index contributed by atoms with van der Waals surface area (Å²) >= 11 is 0. The van der Waals surface area contributed by atoms with Crippen LogP contribution in [0.1, 0.15) is 85.3 Å². The Morgan fingerprint density at radius 1 is 0.918 bits per heavy atom. The molecule has 9 rings (SSSR count). The van der Waals surface area contributed by atoms with Gasteiger partial charge in [0.15, 0.2) is 6.10 Å². The molecule has 7 atom stereocenters. The number of esters is 2. The van der Waals surface area contributed by atoms with E-state index in [4.69, 9.17) is 14.2 Å². The van der Waals surface area contributed by atoms with Gasteiger partial charge in [0.1, 0.15) is 27.9 Å². The van der Waals surface area contributed by atoms with Gasteiger partial charge in [-0.1, -0.05) is 62.4 Å². The second kappa shape index (κ2) is 11.2. The second-order valence-corrected chi connectivity index (χ2v) is 16.0. The van der Waals surface area contributed by atoms with E-state index in [1.807, 2.05) is 38.1 Å². The number of carbonyl (C=O) groups is 3. The molecule has 0 spiro atoms. The molecular formula is C38H38NO9S-. The van der Waals surface area contributed by atoms with E-state index in [1.54, 1.807) is 25.7 Å². The fourth-order valence-corrected chi connectivity index (χ4v) is 10.3. The first kappa shape index (κ1) is 32.2. The number of ether oxygens (including phenoxy) is 3. The van der Waals surface area contributed by atoms with E-state index in [9.17, 15) is 27.4 Å². The van der Waals surface area contributed by atoms with Gasteiger partial charge in [-0.3, -0.25) is 14.4 Å².